The molecular weight excluding hydrogens is 220 g/mol. The molecule has 96 valence electrons. The lowest BCUT2D eigenvalue weighted by Crippen LogP contribution is -2.33. The van der Waals surface area contributed by atoms with Crippen molar-refractivity contribution in [2.75, 3.05) is 7.05 Å². The van der Waals surface area contributed by atoms with Crippen LogP contribution >= 0.6 is 0 Å². The Morgan fingerprint density at radius 2 is 1.65 bits per heavy atom. The van der Waals surface area contributed by atoms with Gasteiger partial charge >= 0.3 is 0 Å². The Bertz CT molecular complexity index is 384. The molecule has 0 fully saturated rings. The summed E-state index contributed by atoms with van der Waals surface area (Å²) in [4.78, 5) is 0. The Morgan fingerprint density at radius 1 is 1.12 bits per heavy atom. The lowest BCUT2D eigenvalue weighted by molar-refractivity contribution is -0.0514. The third kappa shape index (κ3) is 2.83. The standard InChI is InChI=1S/C14H21F2N/c1-10(2)14(15,16)12-8-6-7-11(9-12)13(3,4)17-5/h6-10,17H,1-5H3. The van der Waals surface area contributed by atoms with Crippen LogP contribution in [-0.2, 0) is 11.5 Å². The summed E-state index contributed by atoms with van der Waals surface area (Å²) in [5.74, 6) is -3.48. The summed E-state index contributed by atoms with van der Waals surface area (Å²) in [6, 6.07) is 6.65. The predicted octanol–water partition coefficient (Wildman–Crippen LogP) is 3.89. The van der Waals surface area contributed by atoms with Crippen LogP contribution in [0, 0.1) is 5.92 Å². The van der Waals surface area contributed by atoms with Crippen LogP contribution in [0.4, 0.5) is 8.78 Å². The Morgan fingerprint density at radius 3 is 2.12 bits per heavy atom. The average molecular weight is 241 g/mol. The van der Waals surface area contributed by atoms with Crippen LogP contribution in [0.15, 0.2) is 24.3 Å². The molecule has 0 saturated carbocycles. The molecule has 17 heavy (non-hydrogen) atoms. The topological polar surface area (TPSA) is 12.0 Å². The summed E-state index contributed by atoms with van der Waals surface area (Å²) >= 11 is 0. The third-order valence-corrected chi connectivity index (χ3v) is 3.32. The molecule has 0 aliphatic rings. The number of hydrogen-bond acceptors (Lipinski definition) is 1. The quantitative estimate of drug-likeness (QED) is 0.843. The Labute approximate surface area is 102 Å². The summed E-state index contributed by atoms with van der Waals surface area (Å²) < 4.78 is 27.9. The fourth-order valence-electron chi connectivity index (χ4n) is 1.59. The van der Waals surface area contributed by atoms with Crippen LogP contribution in [0.1, 0.15) is 38.8 Å². The number of halogens is 2. The van der Waals surface area contributed by atoms with Gasteiger partial charge in [-0.1, -0.05) is 32.0 Å². The summed E-state index contributed by atoms with van der Waals surface area (Å²) in [6.45, 7) is 7.02. The van der Waals surface area contributed by atoms with Gasteiger partial charge in [-0.05, 0) is 32.5 Å². The fourth-order valence-corrected chi connectivity index (χ4v) is 1.59. The Kier molecular flexibility index (Phi) is 3.92. The maximum atomic E-state index is 13.9. The van der Waals surface area contributed by atoms with E-state index in [4.69, 9.17) is 0 Å². The molecule has 0 aliphatic carbocycles. The number of benzene rings is 1. The van der Waals surface area contributed by atoms with E-state index in [1.807, 2.05) is 27.0 Å². The minimum Gasteiger partial charge on any atom is -0.311 e. The van der Waals surface area contributed by atoms with Crippen molar-refractivity contribution in [1.29, 1.82) is 0 Å². The molecule has 0 aromatic heterocycles. The van der Waals surface area contributed by atoms with Gasteiger partial charge in [0.05, 0.1) is 0 Å². The van der Waals surface area contributed by atoms with E-state index in [0.29, 0.717) is 0 Å². The number of rotatable bonds is 4. The number of hydrogen-bond donors (Lipinski definition) is 1. The second-order valence-electron chi connectivity index (χ2n) is 5.23. The molecule has 1 nitrogen and oxygen atoms in total. The van der Waals surface area contributed by atoms with E-state index in [9.17, 15) is 8.78 Å². The van der Waals surface area contributed by atoms with Crippen molar-refractivity contribution >= 4 is 0 Å². The molecule has 0 aliphatic heterocycles. The van der Waals surface area contributed by atoms with Gasteiger partial charge in [-0.25, -0.2) is 8.78 Å². The maximum absolute atomic E-state index is 13.9. The summed E-state index contributed by atoms with van der Waals surface area (Å²) in [6.07, 6.45) is 0. The van der Waals surface area contributed by atoms with Crippen molar-refractivity contribution < 1.29 is 8.78 Å². The lowest BCUT2D eigenvalue weighted by atomic mass is 9.89. The molecule has 0 bridgehead atoms. The van der Waals surface area contributed by atoms with Gasteiger partial charge in [0.15, 0.2) is 0 Å². The lowest BCUT2D eigenvalue weighted by Gasteiger charge is -2.27. The first-order valence-corrected chi connectivity index (χ1v) is 5.89. The molecule has 3 heteroatoms. The van der Waals surface area contributed by atoms with Crippen molar-refractivity contribution in [2.45, 2.75) is 39.2 Å². The van der Waals surface area contributed by atoms with Gasteiger partial charge in [-0.2, -0.15) is 0 Å². The number of nitrogens with one attached hydrogen (secondary N) is 1. The highest BCUT2D eigenvalue weighted by atomic mass is 19.3. The van der Waals surface area contributed by atoms with Gasteiger partial charge in [-0.3, -0.25) is 0 Å². The molecule has 1 aromatic carbocycles. The minimum absolute atomic E-state index is 0.0910. The normalized spacial score (nSPS) is 13.2. The zero-order chi connectivity index (χ0) is 13.3. The van der Waals surface area contributed by atoms with Crippen LogP contribution in [0.2, 0.25) is 0 Å². The molecule has 0 amide bonds. The highest BCUT2D eigenvalue weighted by Gasteiger charge is 2.36. The Balaban J connectivity index is 3.19. The third-order valence-electron chi connectivity index (χ3n) is 3.32. The maximum Gasteiger partial charge on any atom is 0.275 e. The van der Waals surface area contributed by atoms with Crippen molar-refractivity contribution in [3.63, 3.8) is 0 Å². The SMILES string of the molecule is CNC(C)(C)c1cccc(C(F)(F)C(C)C)c1. The van der Waals surface area contributed by atoms with Crippen molar-refractivity contribution in [3.05, 3.63) is 35.4 Å². The Hall–Kier alpha value is -0.960. The predicted molar refractivity (Wildman–Crippen MR) is 67.3 cm³/mol. The van der Waals surface area contributed by atoms with E-state index in [0.717, 1.165) is 5.56 Å². The molecule has 0 atom stereocenters. The highest BCUT2D eigenvalue weighted by molar-refractivity contribution is 5.31. The van der Waals surface area contributed by atoms with E-state index >= 15 is 0 Å². The fraction of sp³-hybridized carbons (Fsp3) is 0.571. The van der Waals surface area contributed by atoms with Gasteiger partial charge in [0.25, 0.3) is 5.92 Å². The van der Waals surface area contributed by atoms with E-state index < -0.39 is 11.8 Å². The van der Waals surface area contributed by atoms with E-state index in [1.165, 1.54) is 19.9 Å². The van der Waals surface area contributed by atoms with Gasteiger partial charge in [0.1, 0.15) is 0 Å². The van der Waals surface area contributed by atoms with Gasteiger partial charge in [-0.15, -0.1) is 0 Å². The summed E-state index contributed by atoms with van der Waals surface area (Å²) in [5, 5.41) is 3.12. The second-order valence-corrected chi connectivity index (χ2v) is 5.23. The molecule has 1 rings (SSSR count). The van der Waals surface area contributed by atoms with Crippen molar-refractivity contribution in [2.24, 2.45) is 5.92 Å². The first-order chi connectivity index (χ1) is 7.71. The van der Waals surface area contributed by atoms with Gasteiger partial charge in [0, 0.05) is 17.0 Å². The monoisotopic (exact) mass is 241 g/mol. The first-order valence-electron chi connectivity index (χ1n) is 5.89. The zero-order valence-electron chi connectivity index (χ0n) is 11.1. The average Bonchev–Trinajstić information content (AvgIpc) is 2.29. The molecule has 0 spiro atoms. The smallest absolute Gasteiger partial charge is 0.275 e. The van der Waals surface area contributed by atoms with E-state index in [-0.39, 0.29) is 11.1 Å². The van der Waals surface area contributed by atoms with Crippen LogP contribution in [0.3, 0.4) is 0 Å². The van der Waals surface area contributed by atoms with E-state index in [2.05, 4.69) is 5.32 Å². The van der Waals surface area contributed by atoms with Gasteiger partial charge in [0.2, 0.25) is 0 Å². The summed E-state index contributed by atoms with van der Waals surface area (Å²) in [7, 11) is 1.83. The van der Waals surface area contributed by atoms with Crippen LogP contribution in [0.25, 0.3) is 0 Å². The molecule has 1 N–H and O–H groups in total. The molecule has 1 aromatic rings. The number of alkyl halides is 2. The van der Waals surface area contributed by atoms with Gasteiger partial charge < -0.3 is 5.32 Å². The van der Waals surface area contributed by atoms with Crippen molar-refractivity contribution in [3.8, 4) is 0 Å². The molecule has 0 heterocycles. The highest BCUT2D eigenvalue weighted by Crippen LogP contribution is 2.36. The molecule has 0 saturated heterocycles. The molecule has 0 unspecified atom stereocenters. The van der Waals surface area contributed by atoms with Crippen LogP contribution in [-0.4, -0.2) is 7.05 Å². The molecular formula is C14H21F2N. The first kappa shape index (κ1) is 14.1. The van der Waals surface area contributed by atoms with Crippen LogP contribution < -0.4 is 5.32 Å². The minimum atomic E-state index is -2.78. The molecule has 0 radical (unpaired) electrons. The van der Waals surface area contributed by atoms with Crippen molar-refractivity contribution in [1.82, 2.24) is 5.32 Å². The van der Waals surface area contributed by atoms with E-state index in [1.54, 1.807) is 12.1 Å². The largest absolute Gasteiger partial charge is 0.311 e. The summed E-state index contributed by atoms with van der Waals surface area (Å²) in [5.41, 5.74) is 0.662. The zero-order valence-corrected chi connectivity index (χ0v) is 11.1. The second kappa shape index (κ2) is 4.73. The van der Waals surface area contributed by atoms with Crippen LogP contribution in [0.5, 0.6) is 0 Å².